The molecule has 0 saturated heterocycles. The summed E-state index contributed by atoms with van der Waals surface area (Å²) in [6.07, 6.45) is 0.0156. The molecule has 1 heterocycles. The Morgan fingerprint density at radius 2 is 1.27 bits per heavy atom. The predicted molar refractivity (Wildman–Crippen MR) is 205 cm³/mol. The molecular formula is C41H44N6O8. The average Bonchev–Trinajstić information content (AvgIpc) is 3.54. The van der Waals surface area contributed by atoms with Crippen LogP contribution in [0.25, 0.3) is 21.7 Å². The summed E-state index contributed by atoms with van der Waals surface area (Å²) in [5.74, 6) is -4.93. The third-order valence-electron chi connectivity index (χ3n) is 8.76. The van der Waals surface area contributed by atoms with Crippen molar-refractivity contribution in [1.29, 1.82) is 0 Å². The first-order valence-electron chi connectivity index (χ1n) is 17.7. The van der Waals surface area contributed by atoms with Crippen molar-refractivity contribution < 1.29 is 38.6 Å². The number of aromatic nitrogens is 1. The number of carboxylic acids is 1. The first-order chi connectivity index (χ1) is 26.2. The third-order valence-corrected chi connectivity index (χ3v) is 8.76. The van der Waals surface area contributed by atoms with E-state index in [-0.39, 0.29) is 12.8 Å². The van der Waals surface area contributed by atoms with Gasteiger partial charge in [0.15, 0.2) is 0 Å². The standard InChI is InChI=1S/C41H44N6O8/c1-41(2,3)55-40(54)46-32(21-27-23-43-30-19-10-9-18-29(27)30)38(52)47-35(25-13-5-4-6-14-25)39(53)45-33(22-34(48)49)37(51)44-31(36(42)50)20-26-16-11-15-24-12-7-8-17-28(24)26/h4-19,23,31-33,35,43H,20-22H2,1-3H3,(H2,42,50)(H,44,51)(H,45,53)(H,46,54)(H,47,52)(H,48,49)/t31-,32-,33-,35+/m0/s1. The normalized spacial score (nSPS) is 13.5. The van der Waals surface area contributed by atoms with Crippen LogP contribution in [-0.2, 0) is 41.6 Å². The van der Waals surface area contributed by atoms with Crippen molar-refractivity contribution >= 4 is 57.4 Å². The highest BCUT2D eigenvalue weighted by Gasteiger charge is 2.34. The smallest absolute Gasteiger partial charge is 0.408 e. The summed E-state index contributed by atoms with van der Waals surface area (Å²) in [6.45, 7) is 5.03. The van der Waals surface area contributed by atoms with Crippen LogP contribution in [0, 0.1) is 0 Å². The number of alkyl carbamates (subject to hydrolysis) is 1. The molecule has 0 radical (unpaired) electrons. The third kappa shape index (κ3) is 10.7. The van der Waals surface area contributed by atoms with Crippen molar-refractivity contribution in [1.82, 2.24) is 26.3 Å². The first kappa shape index (κ1) is 39.5. The number of carbonyl (C=O) groups is 6. The molecule has 1 aromatic heterocycles. The first-order valence-corrected chi connectivity index (χ1v) is 17.7. The number of rotatable bonds is 15. The van der Waals surface area contributed by atoms with E-state index in [1.807, 2.05) is 54.6 Å². The van der Waals surface area contributed by atoms with Gasteiger partial charge in [0.1, 0.15) is 29.8 Å². The maximum absolute atomic E-state index is 14.1. The lowest BCUT2D eigenvalue weighted by Gasteiger charge is -2.27. The number of carbonyl (C=O) groups excluding carboxylic acids is 5. The molecule has 14 nitrogen and oxygen atoms in total. The van der Waals surface area contributed by atoms with Crippen molar-refractivity contribution in [2.75, 3.05) is 0 Å². The van der Waals surface area contributed by atoms with E-state index in [0.717, 1.165) is 27.2 Å². The SMILES string of the molecule is CC(C)(C)OC(=O)N[C@@H](Cc1c[nH]c2ccccc12)C(=O)N[C@@H](C(=O)N[C@@H](CC(=O)O)C(=O)N[C@@H](Cc1cccc2ccccc12)C(N)=O)c1ccccc1. The number of carboxylic acid groups (broad SMARTS) is 1. The van der Waals surface area contributed by atoms with Gasteiger partial charge in [0.05, 0.1) is 6.42 Å². The molecule has 0 fully saturated rings. The van der Waals surface area contributed by atoms with Crippen LogP contribution in [0.5, 0.6) is 0 Å². The van der Waals surface area contributed by atoms with Crippen LogP contribution in [0.3, 0.4) is 0 Å². The van der Waals surface area contributed by atoms with E-state index >= 15 is 0 Å². The van der Waals surface area contributed by atoms with Crippen molar-refractivity contribution in [3.8, 4) is 0 Å². The van der Waals surface area contributed by atoms with E-state index in [1.54, 1.807) is 69.4 Å². The minimum atomic E-state index is -1.68. The topological polar surface area (TPSA) is 222 Å². The molecule has 0 aliphatic carbocycles. The quantitative estimate of drug-likeness (QED) is 0.0833. The number of ether oxygens (including phenoxy) is 1. The van der Waals surface area contributed by atoms with E-state index in [4.69, 9.17) is 10.5 Å². The molecule has 286 valence electrons. The molecule has 4 aromatic carbocycles. The summed E-state index contributed by atoms with van der Waals surface area (Å²) in [5, 5.41) is 22.6. The summed E-state index contributed by atoms with van der Waals surface area (Å²) in [6, 6.07) is 22.9. The molecule has 0 spiro atoms. The Hall–Kier alpha value is -6.70. The fourth-order valence-electron chi connectivity index (χ4n) is 6.19. The molecule has 0 bridgehead atoms. The van der Waals surface area contributed by atoms with Crippen LogP contribution in [-0.4, -0.2) is 69.5 Å². The van der Waals surface area contributed by atoms with Gasteiger partial charge in [-0.1, -0.05) is 91.0 Å². The molecule has 5 aromatic rings. The Bertz CT molecular complexity index is 2190. The number of para-hydroxylation sites is 1. The van der Waals surface area contributed by atoms with Gasteiger partial charge >= 0.3 is 12.1 Å². The molecule has 8 N–H and O–H groups in total. The monoisotopic (exact) mass is 748 g/mol. The fourth-order valence-corrected chi connectivity index (χ4v) is 6.19. The van der Waals surface area contributed by atoms with Gasteiger partial charge in [-0.15, -0.1) is 0 Å². The lowest BCUT2D eigenvalue weighted by atomic mass is 9.98. The molecule has 0 unspecified atom stereocenters. The van der Waals surface area contributed by atoms with Crippen LogP contribution in [0.1, 0.15) is 49.9 Å². The molecule has 5 rings (SSSR count). The van der Waals surface area contributed by atoms with Gasteiger partial charge in [0.25, 0.3) is 0 Å². The van der Waals surface area contributed by atoms with Gasteiger partial charge < -0.3 is 41.8 Å². The molecular weight excluding hydrogens is 704 g/mol. The summed E-state index contributed by atoms with van der Waals surface area (Å²) < 4.78 is 5.43. The zero-order chi connectivity index (χ0) is 39.7. The Balaban J connectivity index is 1.39. The zero-order valence-corrected chi connectivity index (χ0v) is 30.6. The minimum Gasteiger partial charge on any atom is -0.481 e. The number of hydrogen-bond acceptors (Lipinski definition) is 7. The lowest BCUT2D eigenvalue weighted by Crippen LogP contribution is -2.56. The number of H-pyrrole nitrogens is 1. The Morgan fingerprint density at radius 1 is 0.673 bits per heavy atom. The van der Waals surface area contributed by atoms with Gasteiger partial charge in [0, 0.05) is 29.9 Å². The van der Waals surface area contributed by atoms with Crippen molar-refractivity contribution in [3.63, 3.8) is 0 Å². The molecule has 4 atom stereocenters. The highest BCUT2D eigenvalue weighted by molar-refractivity contribution is 5.97. The number of nitrogens with two attached hydrogens (primary N) is 1. The number of amides is 5. The van der Waals surface area contributed by atoms with Gasteiger partial charge in [-0.2, -0.15) is 0 Å². The summed E-state index contributed by atoms with van der Waals surface area (Å²) in [4.78, 5) is 82.4. The number of primary amides is 1. The van der Waals surface area contributed by atoms with E-state index in [0.29, 0.717) is 11.1 Å². The second-order valence-electron chi connectivity index (χ2n) is 14.1. The second kappa shape index (κ2) is 17.4. The van der Waals surface area contributed by atoms with Crippen molar-refractivity contribution in [2.45, 2.75) is 69.8 Å². The maximum atomic E-state index is 14.1. The number of fused-ring (bicyclic) bond motifs is 2. The lowest BCUT2D eigenvalue weighted by molar-refractivity contribution is -0.141. The Morgan fingerprint density at radius 3 is 1.96 bits per heavy atom. The van der Waals surface area contributed by atoms with E-state index in [1.165, 1.54) is 0 Å². The van der Waals surface area contributed by atoms with E-state index < -0.39 is 71.9 Å². The van der Waals surface area contributed by atoms with Crippen LogP contribution in [0.15, 0.2) is 103 Å². The van der Waals surface area contributed by atoms with Gasteiger partial charge in [-0.25, -0.2) is 4.79 Å². The Kier molecular flexibility index (Phi) is 12.5. The predicted octanol–water partition coefficient (Wildman–Crippen LogP) is 3.79. The molecule has 0 aliphatic rings. The fraction of sp³-hybridized carbons (Fsp3) is 0.268. The molecule has 0 aliphatic heterocycles. The van der Waals surface area contributed by atoms with Crippen LogP contribution >= 0.6 is 0 Å². The summed E-state index contributed by atoms with van der Waals surface area (Å²) in [7, 11) is 0. The number of aromatic amines is 1. The molecule has 55 heavy (non-hydrogen) atoms. The van der Waals surface area contributed by atoms with E-state index in [2.05, 4.69) is 26.3 Å². The minimum absolute atomic E-state index is 0.00132. The van der Waals surface area contributed by atoms with Crippen LogP contribution < -0.4 is 27.0 Å². The number of benzene rings is 4. The summed E-state index contributed by atoms with van der Waals surface area (Å²) >= 11 is 0. The zero-order valence-electron chi connectivity index (χ0n) is 30.6. The molecule has 5 amide bonds. The highest BCUT2D eigenvalue weighted by atomic mass is 16.6. The second-order valence-corrected chi connectivity index (χ2v) is 14.1. The van der Waals surface area contributed by atoms with Crippen LogP contribution in [0.2, 0.25) is 0 Å². The number of hydrogen-bond donors (Lipinski definition) is 7. The maximum Gasteiger partial charge on any atom is 0.408 e. The highest BCUT2D eigenvalue weighted by Crippen LogP contribution is 2.22. The Labute approximate surface area is 317 Å². The van der Waals surface area contributed by atoms with Gasteiger partial charge in [-0.05, 0) is 54.3 Å². The van der Waals surface area contributed by atoms with Crippen molar-refractivity contribution in [3.05, 3.63) is 120 Å². The summed E-state index contributed by atoms with van der Waals surface area (Å²) in [5.41, 5.74) is 7.35. The van der Waals surface area contributed by atoms with Crippen LogP contribution in [0.4, 0.5) is 4.79 Å². The van der Waals surface area contributed by atoms with E-state index in [9.17, 15) is 33.9 Å². The van der Waals surface area contributed by atoms with Gasteiger partial charge in [0.2, 0.25) is 23.6 Å². The molecule has 14 heteroatoms. The van der Waals surface area contributed by atoms with Gasteiger partial charge in [-0.3, -0.25) is 24.0 Å². The molecule has 0 saturated carbocycles. The van der Waals surface area contributed by atoms with Crippen molar-refractivity contribution in [2.24, 2.45) is 5.73 Å². The largest absolute Gasteiger partial charge is 0.481 e. The number of aliphatic carboxylic acids is 1. The average molecular weight is 749 g/mol. The number of nitrogens with one attached hydrogen (secondary N) is 5.